The monoisotopic (exact) mass is 407 g/mol. The normalized spacial score (nSPS) is 15.2. The van der Waals surface area contributed by atoms with Crippen LogP contribution in [-0.4, -0.2) is 53.7 Å². The zero-order valence-electron chi connectivity index (χ0n) is 18.1. The minimum absolute atomic E-state index is 0.171. The van der Waals surface area contributed by atoms with E-state index in [4.69, 9.17) is 4.52 Å². The Morgan fingerprint density at radius 2 is 1.93 bits per heavy atom. The van der Waals surface area contributed by atoms with Gasteiger partial charge in [-0.25, -0.2) is 4.98 Å². The first-order chi connectivity index (χ1) is 14.5. The standard InChI is InChI=1S/C23H29N5O2/c1-5-27-10-12-28(13-11-27)20-9-7-6-8-18(20)24-22(29)17-14-19(15(2)3)25-23-21(17)16(4)26-30-23/h6-9,14-15H,5,10-13H2,1-4H3,(H,24,29). The Morgan fingerprint density at radius 3 is 2.63 bits per heavy atom. The van der Waals surface area contributed by atoms with E-state index < -0.39 is 0 Å². The molecule has 4 rings (SSSR count). The number of amides is 1. The van der Waals surface area contributed by atoms with Gasteiger partial charge in [0.05, 0.1) is 28.0 Å². The molecule has 1 aliphatic heterocycles. The van der Waals surface area contributed by atoms with Crippen molar-refractivity contribution in [3.63, 3.8) is 0 Å². The van der Waals surface area contributed by atoms with E-state index in [9.17, 15) is 4.79 Å². The van der Waals surface area contributed by atoms with Gasteiger partial charge in [0, 0.05) is 31.9 Å². The summed E-state index contributed by atoms with van der Waals surface area (Å²) in [6.07, 6.45) is 0. The highest BCUT2D eigenvalue weighted by atomic mass is 16.5. The van der Waals surface area contributed by atoms with Crippen LogP contribution in [-0.2, 0) is 0 Å². The quantitative estimate of drug-likeness (QED) is 0.688. The number of para-hydroxylation sites is 2. The molecule has 0 unspecified atom stereocenters. The number of aromatic nitrogens is 2. The number of fused-ring (bicyclic) bond motifs is 1. The van der Waals surface area contributed by atoms with Crippen LogP contribution in [0.15, 0.2) is 34.9 Å². The Morgan fingerprint density at radius 1 is 1.20 bits per heavy atom. The smallest absolute Gasteiger partial charge is 0.259 e. The van der Waals surface area contributed by atoms with Gasteiger partial charge in [-0.15, -0.1) is 0 Å². The summed E-state index contributed by atoms with van der Waals surface area (Å²) >= 11 is 0. The van der Waals surface area contributed by atoms with Crippen LogP contribution >= 0.6 is 0 Å². The van der Waals surface area contributed by atoms with Crippen molar-refractivity contribution in [2.45, 2.75) is 33.6 Å². The predicted molar refractivity (Wildman–Crippen MR) is 119 cm³/mol. The minimum Gasteiger partial charge on any atom is -0.367 e. The molecule has 0 atom stereocenters. The summed E-state index contributed by atoms with van der Waals surface area (Å²) in [4.78, 5) is 22.7. The van der Waals surface area contributed by atoms with Crippen LogP contribution < -0.4 is 10.2 Å². The largest absolute Gasteiger partial charge is 0.367 e. The Labute approximate surface area is 177 Å². The number of aryl methyl sites for hydroxylation is 1. The number of rotatable bonds is 5. The van der Waals surface area contributed by atoms with Gasteiger partial charge < -0.3 is 19.6 Å². The molecular weight excluding hydrogens is 378 g/mol. The summed E-state index contributed by atoms with van der Waals surface area (Å²) in [6, 6.07) is 9.86. The maximum atomic E-state index is 13.4. The molecule has 1 N–H and O–H groups in total. The molecule has 1 fully saturated rings. The van der Waals surface area contributed by atoms with E-state index in [2.05, 4.69) is 38.2 Å². The van der Waals surface area contributed by atoms with Crippen LogP contribution in [0.25, 0.3) is 11.1 Å². The van der Waals surface area contributed by atoms with Crippen molar-refractivity contribution in [1.29, 1.82) is 0 Å². The van der Waals surface area contributed by atoms with Gasteiger partial charge in [0.2, 0.25) is 0 Å². The Hall–Kier alpha value is -2.93. The number of nitrogens with one attached hydrogen (secondary N) is 1. The molecule has 0 bridgehead atoms. The molecular formula is C23H29N5O2. The fourth-order valence-electron chi connectivity index (χ4n) is 3.94. The molecule has 0 aliphatic carbocycles. The van der Waals surface area contributed by atoms with Crippen molar-refractivity contribution >= 4 is 28.4 Å². The lowest BCUT2D eigenvalue weighted by Crippen LogP contribution is -2.46. The van der Waals surface area contributed by atoms with Crippen molar-refractivity contribution in [2.24, 2.45) is 0 Å². The molecule has 1 saturated heterocycles. The van der Waals surface area contributed by atoms with E-state index in [0.717, 1.165) is 49.8 Å². The maximum absolute atomic E-state index is 13.4. The highest BCUT2D eigenvalue weighted by Gasteiger charge is 2.22. The first-order valence-corrected chi connectivity index (χ1v) is 10.6. The number of hydrogen-bond donors (Lipinski definition) is 1. The average Bonchev–Trinajstić information content (AvgIpc) is 3.14. The van der Waals surface area contributed by atoms with E-state index in [1.807, 2.05) is 45.0 Å². The second kappa shape index (κ2) is 8.44. The molecule has 7 nitrogen and oxygen atoms in total. The van der Waals surface area contributed by atoms with Crippen molar-refractivity contribution in [2.75, 3.05) is 42.9 Å². The Balaban J connectivity index is 1.65. The molecule has 1 aromatic carbocycles. The first-order valence-electron chi connectivity index (χ1n) is 10.6. The molecule has 1 aliphatic rings. The molecule has 3 heterocycles. The summed E-state index contributed by atoms with van der Waals surface area (Å²) in [5.74, 6) is 0.00347. The summed E-state index contributed by atoms with van der Waals surface area (Å²) < 4.78 is 5.37. The molecule has 158 valence electrons. The number of nitrogens with zero attached hydrogens (tertiary/aromatic N) is 4. The SMILES string of the molecule is CCN1CCN(c2ccccc2NC(=O)c2cc(C(C)C)nc3onc(C)c23)CC1. The fraction of sp³-hybridized carbons (Fsp3) is 0.435. The van der Waals surface area contributed by atoms with E-state index in [-0.39, 0.29) is 11.8 Å². The van der Waals surface area contributed by atoms with E-state index in [1.54, 1.807) is 0 Å². The van der Waals surface area contributed by atoms with Gasteiger partial charge in [-0.2, -0.15) is 0 Å². The molecule has 0 saturated carbocycles. The molecule has 1 amide bonds. The van der Waals surface area contributed by atoms with Gasteiger partial charge in [-0.05, 0) is 37.6 Å². The summed E-state index contributed by atoms with van der Waals surface area (Å²) in [5, 5.41) is 7.83. The summed E-state index contributed by atoms with van der Waals surface area (Å²) in [5.41, 5.74) is 4.31. The van der Waals surface area contributed by atoms with Crippen molar-refractivity contribution in [3.05, 3.63) is 47.3 Å². The van der Waals surface area contributed by atoms with Gasteiger partial charge in [0.25, 0.3) is 11.6 Å². The zero-order valence-corrected chi connectivity index (χ0v) is 18.1. The number of likely N-dealkylation sites (N-methyl/N-ethyl adjacent to an activating group) is 1. The number of carbonyl (C=O) groups excluding carboxylic acids is 1. The zero-order chi connectivity index (χ0) is 21.3. The number of anilines is 2. The van der Waals surface area contributed by atoms with E-state index in [0.29, 0.717) is 22.4 Å². The van der Waals surface area contributed by atoms with Crippen LogP contribution in [0, 0.1) is 6.92 Å². The highest BCUT2D eigenvalue weighted by molar-refractivity contribution is 6.13. The third kappa shape index (κ3) is 3.89. The lowest BCUT2D eigenvalue weighted by molar-refractivity contribution is 0.102. The highest BCUT2D eigenvalue weighted by Crippen LogP contribution is 2.29. The molecule has 0 spiro atoms. The van der Waals surface area contributed by atoms with E-state index in [1.165, 1.54) is 0 Å². The summed E-state index contributed by atoms with van der Waals surface area (Å²) in [6.45, 7) is 13.1. The average molecular weight is 408 g/mol. The van der Waals surface area contributed by atoms with E-state index >= 15 is 0 Å². The third-order valence-electron chi connectivity index (χ3n) is 5.79. The minimum atomic E-state index is -0.171. The lowest BCUT2D eigenvalue weighted by atomic mass is 10.0. The van der Waals surface area contributed by atoms with Crippen molar-refractivity contribution < 1.29 is 9.32 Å². The molecule has 2 aromatic heterocycles. The molecule has 30 heavy (non-hydrogen) atoms. The van der Waals surface area contributed by atoms with Gasteiger partial charge in [-0.1, -0.05) is 38.1 Å². The van der Waals surface area contributed by atoms with Gasteiger partial charge in [-0.3, -0.25) is 4.79 Å². The van der Waals surface area contributed by atoms with Crippen LogP contribution in [0.1, 0.15) is 48.4 Å². The van der Waals surface area contributed by atoms with Crippen LogP contribution in [0.4, 0.5) is 11.4 Å². The number of carbonyl (C=O) groups is 1. The lowest BCUT2D eigenvalue weighted by Gasteiger charge is -2.36. The topological polar surface area (TPSA) is 74.5 Å². The number of pyridine rings is 1. The van der Waals surface area contributed by atoms with Gasteiger partial charge in [0.15, 0.2) is 0 Å². The fourth-order valence-corrected chi connectivity index (χ4v) is 3.94. The number of piperazine rings is 1. The Bertz CT molecular complexity index is 1050. The second-order valence-electron chi connectivity index (χ2n) is 8.09. The van der Waals surface area contributed by atoms with Crippen LogP contribution in [0.2, 0.25) is 0 Å². The van der Waals surface area contributed by atoms with Crippen molar-refractivity contribution in [1.82, 2.24) is 15.0 Å². The number of benzene rings is 1. The summed E-state index contributed by atoms with van der Waals surface area (Å²) in [7, 11) is 0. The Kier molecular flexibility index (Phi) is 5.72. The molecule has 0 radical (unpaired) electrons. The molecule has 7 heteroatoms. The second-order valence-corrected chi connectivity index (χ2v) is 8.09. The van der Waals surface area contributed by atoms with Gasteiger partial charge in [0.1, 0.15) is 0 Å². The van der Waals surface area contributed by atoms with Crippen LogP contribution in [0.5, 0.6) is 0 Å². The molecule has 3 aromatic rings. The number of hydrogen-bond acceptors (Lipinski definition) is 6. The van der Waals surface area contributed by atoms with Crippen molar-refractivity contribution in [3.8, 4) is 0 Å². The predicted octanol–water partition coefficient (Wildman–Crippen LogP) is 4.05. The first kappa shape index (κ1) is 20.3. The third-order valence-corrected chi connectivity index (χ3v) is 5.79. The maximum Gasteiger partial charge on any atom is 0.259 e. The van der Waals surface area contributed by atoms with Crippen LogP contribution in [0.3, 0.4) is 0 Å². The van der Waals surface area contributed by atoms with Gasteiger partial charge >= 0.3 is 0 Å².